The third kappa shape index (κ3) is 6.02. The predicted octanol–water partition coefficient (Wildman–Crippen LogP) is 0.592. The van der Waals surface area contributed by atoms with Crippen LogP contribution in [-0.4, -0.2) is 18.3 Å². The summed E-state index contributed by atoms with van der Waals surface area (Å²) in [7, 11) is -0.307. The third-order valence-corrected chi connectivity index (χ3v) is 0.734. The second kappa shape index (κ2) is 6.02. The summed E-state index contributed by atoms with van der Waals surface area (Å²) in [5.74, 6) is 0. The van der Waals surface area contributed by atoms with Crippen LogP contribution in [0.1, 0.15) is 6.42 Å². The van der Waals surface area contributed by atoms with Gasteiger partial charge in [0.15, 0.2) is 0 Å². The van der Waals surface area contributed by atoms with Crippen LogP contribution in [0.15, 0.2) is 0 Å². The van der Waals surface area contributed by atoms with Gasteiger partial charge in [0.25, 0.3) is 0 Å². The van der Waals surface area contributed by atoms with Gasteiger partial charge in [-0.05, 0) is 6.42 Å². The molecule has 4 heteroatoms. The van der Waals surface area contributed by atoms with E-state index in [0.29, 0.717) is 13.0 Å². The van der Waals surface area contributed by atoms with E-state index in [4.69, 9.17) is 5.11 Å². The lowest BCUT2D eigenvalue weighted by Crippen LogP contribution is -1.87. The van der Waals surface area contributed by atoms with Gasteiger partial charge in [0, 0.05) is 6.61 Å². The predicted molar refractivity (Wildman–Crippen MR) is 25.3 cm³/mol. The van der Waals surface area contributed by atoms with Crippen LogP contribution in [0.4, 0.5) is 0 Å². The summed E-state index contributed by atoms with van der Waals surface area (Å²) in [6, 6.07) is 0. The van der Waals surface area contributed by atoms with Crippen LogP contribution in [0, 0.1) is 0 Å². The fraction of sp³-hybridized carbons (Fsp3) is 1.00. The van der Waals surface area contributed by atoms with Gasteiger partial charge < -0.3 is 5.11 Å². The summed E-state index contributed by atoms with van der Waals surface area (Å²) in [6.45, 7) is 0.455. The van der Waals surface area contributed by atoms with Crippen LogP contribution >= 0.6 is 8.69 Å². The number of hydrogen-bond donors (Lipinski definition) is 1. The highest BCUT2D eigenvalue weighted by atomic mass is 31.1. The number of rotatable bonds is 4. The van der Waals surface area contributed by atoms with Gasteiger partial charge in [-0.2, -0.15) is 0 Å². The molecule has 1 N–H and O–H groups in total. The zero-order chi connectivity index (χ0) is 5.54. The Morgan fingerprint density at radius 1 is 1.71 bits per heavy atom. The lowest BCUT2D eigenvalue weighted by Gasteiger charge is -1.86. The molecular weight excluding hydrogens is 115 g/mol. The first kappa shape index (κ1) is 7.02. The van der Waals surface area contributed by atoms with E-state index in [1.54, 1.807) is 0 Å². The molecule has 0 rings (SSSR count). The van der Waals surface area contributed by atoms with Crippen molar-refractivity contribution >= 4 is 8.69 Å². The molecule has 0 aliphatic heterocycles. The molecule has 0 saturated carbocycles. The highest BCUT2D eigenvalue weighted by Gasteiger charge is 1.81. The molecule has 0 aromatic carbocycles. The van der Waals surface area contributed by atoms with Gasteiger partial charge in [0.1, 0.15) is 0 Å². The molecule has 0 aromatic heterocycles. The van der Waals surface area contributed by atoms with E-state index in [2.05, 4.69) is 4.52 Å². The molecule has 0 fully saturated rings. The summed E-state index contributed by atoms with van der Waals surface area (Å²) < 4.78 is 13.8. The lowest BCUT2D eigenvalue weighted by molar-refractivity contribution is 0.243. The summed E-state index contributed by atoms with van der Waals surface area (Å²) >= 11 is 0. The fourth-order valence-corrected chi connectivity index (χ4v) is 0.370. The van der Waals surface area contributed by atoms with Gasteiger partial charge in [-0.1, -0.05) is 0 Å². The van der Waals surface area contributed by atoms with Crippen LogP contribution in [0.25, 0.3) is 0 Å². The molecule has 3 nitrogen and oxygen atoms in total. The van der Waals surface area contributed by atoms with Crippen molar-refractivity contribution in [3.8, 4) is 0 Å². The van der Waals surface area contributed by atoms with Gasteiger partial charge in [-0.25, -0.2) is 4.57 Å². The van der Waals surface area contributed by atoms with Crippen molar-refractivity contribution in [2.24, 2.45) is 0 Å². The minimum Gasteiger partial charge on any atom is -0.396 e. The van der Waals surface area contributed by atoms with E-state index in [9.17, 15) is 4.57 Å². The SMILES string of the molecule is O=POCCCO. The molecule has 0 heterocycles. The zero-order valence-electron chi connectivity index (χ0n) is 3.83. The Balaban J connectivity index is 2.56. The lowest BCUT2D eigenvalue weighted by atomic mass is 10.5. The van der Waals surface area contributed by atoms with Crippen molar-refractivity contribution in [1.29, 1.82) is 0 Å². The van der Waals surface area contributed by atoms with Crippen molar-refractivity contribution in [1.82, 2.24) is 0 Å². The Bertz CT molecular complexity index is 47.4. The molecule has 0 aromatic rings. The van der Waals surface area contributed by atoms with Gasteiger partial charge >= 0.3 is 8.69 Å². The average molecular weight is 122 g/mol. The summed E-state index contributed by atoms with van der Waals surface area (Å²) in [5.41, 5.74) is 0. The number of hydrogen-bond acceptors (Lipinski definition) is 3. The van der Waals surface area contributed by atoms with E-state index in [1.807, 2.05) is 0 Å². The molecule has 0 atom stereocenters. The van der Waals surface area contributed by atoms with E-state index in [-0.39, 0.29) is 15.3 Å². The largest absolute Gasteiger partial charge is 0.396 e. The first-order valence-corrected chi connectivity index (χ1v) is 2.70. The molecular formula is C3H7O3P. The Labute approximate surface area is 43.6 Å². The highest BCUT2D eigenvalue weighted by molar-refractivity contribution is 7.17. The van der Waals surface area contributed by atoms with Crippen molar-refractivity contribution in [2.45, 2.75) is 6.42 Å². The molecule has 0 bridgehead atoms. The minimum absolute atomic E-state index is 0.0928. The maximum absolute atomic E-state index is 9.47. The second-order valence-electron chi connectivity index (χ2n) is 0.985. The topological polar surface area (TPSA) is 46.5 Å². The van der Waals surface area contributed by atoms with Crippen molar-refractivity contribution in [3.05, 3.63) is 0 Å². The maximum Gasteiger partial charge on any atom is 0.327 e. The maximum atomic E-state index is 9.47. The normalized spacial score (nSPS) is 9.86. The van der Waals surface area contributed by atoms with Crippen LogP contribution in [0.3, 0.4) is 0 Å². The summed E-state index contributed by atoms with van der Waals surface area (Å²) in [5, 5.41) is 8.11. The molecule has 0 saturated heterocycles. The zero-order valence-corrected chi connectivity index (χ0v) is 4.73. The van der Waals surface area contributed by atoms with E-state index < -0.39 is 0 Å². The van der Waals surface area contributed by atoms with E-state index in [0.717, 1.165) is 0 Å². The van der Waals surface area contributed by atoms with Crippen LogP contribution < -0.4 is 0 Å². The van der Waals surface area contributed by atoms with Crippen molar-refractivity contribution < 1.29 is 14.2 Å². The molecule has 42 valence electrons. The quantitative estimate of drug-likeness (QED) is 0.438. The van der Waals surface area contributed by atoms with Gasteiger partial charge in [-0.3, -0.25) is 4.52 Å². The van der Waals surface area contributed by atoms with Gasteiger partial charge in [0.2, 0.25) is 0 Å². The smallest absolute Gasteiger partial charge is 0.327 e. The Morgan fingerprint density at radius 2 is 2.43 bits per heavy atom. The third-order valence-electron chi connectivity index (χ3n) is 0.446. The Hall–Kier alpha value is 0.0200. The first-order chi connectivity index (χ1) is 3.41. The van der Waals surface area contributed by atoms with Gasteiger partial charge in [0.05, 0.1) is 6.61 Å². The molecule has 0 aliphatic rings. The molecule has 0 spiro atoms. The van der Waals surface area contributed by atoms with Gasteiger partial charge in [-0.15, -0.1) is 0 Å². The molecule has 0 unspecified atom stereocenters. The number of aliphatic hydroxyl groups is 1. The highest BCUT2D eigenvalue weighted by Crippen LogP contribution is 1.93. The fourth-order valence-electron chi connectivity index (χ4n) is 0.166. The Morgan fingerprint density at radius 3 is 2.86 bits per heavy atom. The molecule has 0 aliphatic carbocycles. The Kier molecular flexibility index (Phi) is 6.04. The van der Waals surface area contributed by atoms with Crippen LogP contribution in [-0.2, 0) is 9.09 Å². The van der Waals surface area contributed by atoms with Crippen LogP contribution in [0.5, 0.6) is 0 Å². The van der Waals surface area contributed by atoms with Crippen molar-refractivity contribution in [2.75, 3.05) is 13.2 Å². The second-order valence-corrected chi connectivity index (χ2v) is 1.39. The van der Waals surface area contributed by atoms with Crippen LogP contribution in [0.2, 0.25) is 0 Å². The minimum atomic E-state index is -0.307. The monoisotopic (exact) mass is 122 g/mol. The average Bonchev–Trinajstić information content (AvgIpc) is 1.69. The molecule has 7 heavy (non-hydrogen) atoms. The standard InChI is InChI=1S/C3H7O3P/c4-2-1-3-6-7-5/h4H,1-3H2. The van der Waals surface area contributed by atoms with E-state index in [1.165, 1.54) is 0 Å². The molecule has 0 amide bonds. The molecule has 0 radical (unpaired) electrons. The van der Waals surface area contributed by atoms with Crippen molar-refractivity contribution in [3.63, 3.8) is 0 Å². The summed E-state index contributed by atoms with van der Waals surface area (Å²) in [4.78, 5) is 0. The first-order valence-electron chi connectivity index (χ1n) is 1.97. The number of aliphatic hydroxyl groups excluding tert-OH is 1. The summed E-state index contributed by atoms with van der Waals surface area (Å²) in [6.07, 6.45) is 0.551. The van der Waals surface area contributed by atoms with E-state index >= 15 is 0 Å².